The number of carbonyl (C=O) groups is 1. The summed E-state index contributed by atoms with van der Waals surface area (Å²) in [7, 11) is 3.76. The number of hydrogen-bond acceptors (Lipinski definition) is 6. The summed E-state index contributed by atoms with van der Waals surface area (Å²) in [6, 6.07) is 7.58. The number of fused-ring (bicyclic) bond motifs is 1. The maximum Gasteiger partial charge on any atom is 0.336 e. The largest absolute Gasteiger partial charge is 0.423 e. The van der Waals surface area contributed by atoms with Gasteiger partial charge in [0.2, 0.25) is 5.96 Å². The average molecular weight is 382 g/mol. The van der Waals surface area contributed by atoms with Crippen molar-refractivity contribution in [3.63, 3.8) is 0 Å². The first-order chi connectivity index (χ1) is 13.4. The first-order valence-electron chi connectivity index (χ1n) is 9.77. The van der Waals surface area contributed by atoms with Crippen LogP contribution in [0.5, 0.6) is 0 Å². The molecular weight excluding hydrogens is 356 g/mol. The zero-order valence-corrected chi connectivity index (χ0v) is 16.6. The number of aliphatic imine (C=N–C) groups is 1. The van der Waals surface area contributed by atoms with Gasteiger partial charge in [0.25, 0.3) is 5.91 Å². The van der Waals surface area contributed by atoms with Crippen LogP contribution in [0.1, 0.15) is 30.9 Å². The molecule has 4 rings (SSSR count). The van der Waals surface area contributed by atoms with E-state index in [1.54, 1.807) is 6.07 Å². The number of guanidine groups is 1. The lowest BCUT2D eigenvalue weighted by molar-refractivity contribution is -0.125. The van der Waals surface area contributed by atoms with E-state index >= 15 is 0 Å². The molecule has 3 heterocycles. The van der Waals surface area contributed by atoms with Crippen molar-refractivity contribution >= 4 is 22.8 Å². The number of hydrogen-bond donors (Lipinski definition) is 1. The van der Waals surface area contributed by atoms with E-state index in [0.29, 0.717) is 30.9 Å². The summed E-state index contributed by atoms with van der Waals surface area (Å²) in [5.74, 6) is 0.631. The minimum Gasteiger partial charge on any atom is -0.423 e. The smallest absolute Gasteiger partial charge is 0.336 e. The van der Waals surface area contributed by atoms with Crippen LogP contribution < -0.4 is 10.9 Å². The van der Waals surface area contributed by atoms with Crippen molar-refractivity contribution in [2.45, 2.75) is 38.3 Å². The quantitative estimate of drug-likeness (QED) is 0.818. The second kappa shape index (κ2) is 7.05. The summed E-state index contributed by atoms with van der Waals surface area (Å²) in [4.78, 5) is 33.3. The monoisotopic (exact) mass is 382 g/mol. The molecule has 1 amide bonds. The predicted octanol–water partition coefficient (Wildman–Crippen LogP) is 1.74. The number of rotatable bonds is 3. The lowest BCUT2D eigenvalue weighted by Gasteiger charge is -2.35. The molecule has 2 aliphatic heterocycles. The molecule has 7 heteroatoms. The number of nitrogens with zero attached hydrogens (tertiary/aromatic N) is 3. The molecule has 1 saturated heterocycles. The summed E-state index contributed by atoms with van der Waals surface area (Å²) >= 11 is 0. The van der Waals surface area contributed by atoms with Crippen LogP contribution in [0.3, 0.4) is 0 Å². The van der Waals surface area contributed by atoms with Gasteiger partial charge in [-0.25, -0.2) is 9.79 Å². The highest BCUT2D eigenvalue weighted by molar-refractivity contribution is 6.07. The van der Waals surface area contributed by atoms with Crippen LogP contribution in [0, 0.1) is 0 Å². The fraction of sp³-hybridized carbons (Fsp3) is 0.476. The topological polar surface area (TPSA) is 78.2 Å². The van der Waals surface area contributed by atoms with Crippen molar-refractivity contribution in [2.24, 2.45) is 4.99 Å². The van der Waals surface area contributed by atoms with Crippen LogP contribution in [-0.2, 0) is 17.8 Å². The number of amides is 1. The fourth-order valence-corrected chi connectivity index (χ4v) is 4.00. The van der Waals surface area contributed by atoms with E-state index in [2.05, 4.69) is 28.2 Å². The molecule has 2 aromatic rings. The summed E-state index contributed by atoms with van der Waals surface area (Å²) in [5, 5.41) is 3.88. The van der Waals surface area contributed by atoms with Gasteiger partial charge in [0.05, 0.1) is 0 Å². The van der Waals surface area contributed by atoms with Crippen molar-refractivity contribution in [1.29, 1.82) is 0 Å². The molecule has 0 bridgehead atoms. The van der Waals surface area contributed by atoms with Crippen LogP contribution >= 0.6 is 0 Å². The SMILES string of the molecule is CCc1ccc2oc(=O)cc(CN3CCC4(CC3)N=C(N(C)C)NC4=O)c2c1. The molecule has 1 aromatic carbocycles. The number of benzene rings is 1. The second-order valence-electron chi connectivity index (χ2n) is 7.87. The average Bonchev–Trinajstić information content (AvgIpc) is 3.00. The highest BCUT2D eigenvalue weighted by Crippen LogP contribution is 2.31. The van der Waals surface area contributed by atoms with Gasteiger partial charge >= 0.3 is 5.63 Å². The summed E-state index contributed by atoms with van der Waals surface area (Å²) in [6.07, 6.45) is 2.29. The van der Waals surface area contributed by atoms with E-state index < -0.39 is 5.54 Å². The Morgan fingerprint density at radius 3 is 2.61 bits per heavy atom. The molecule has 0 atom stereocenters. The number of piperidine rings is 1. The van der Waals surface area contributed by atoms with Gasteiger partial charge < -0.3 is 9.32 Å². The minimum absolute atomic E-state index is 0.00533. The van der Waals surface area contributed by atoms with Crippen molar-refractivity contribution < 1.29 is 9.21 Å². The Morgan fingerprint density at radius 1 is 1.21 bits per heavy atom. The van der Waals surface area contributed by atoms with E-state index in [4.69, 9.17) is 4.42 Å². The molecule has 28 heavy (non-hydrogen) atoms. The Kier molecular flexibility index (Phi) is 4.71. The summed E-state index contributed by atoms with van der Waals surface area (Å²) < 4.78 is 5.37. The number of nitrogens with one attached hydrogen (secondary N) is 1. The van der Waals surface area contributed by atoms with Gasteiger partial charge in [0.15, 0.2) is 0 Å². The highest BCUT2D eigenvalue weighted by atomic mass is 16.4. The maximum atomic E-state index is 12.5. The summed E-state index contributed by atoms with van der Waals surface area (Å²) in [6.45, 7) is 4.29. The molecule has 1 aromatic heterocycles. The highest BCUT2D eigenvalue weighted by Gasteiger charge is 2.46. The minimum atomic E-state index is -0.650. The van der Waals surface area contributed by atoms with E-state index in [0.717, 1.165) is 30.5 Å². The van der Waals surface area contributed by atoms with Gasteiger partial charge in [-0.05, 0) is 42.5 Å². The lowest BCUT2D eigenvalue weighted by Crippen LogP contribution is -2.49. The van der Waals surface area contributed by atoms with Gasteiger partial charge in [-0.3, -0.25) is 15.0 Å². The number of likely N-dealkylation sites (tertiary alicyclic amines) is 1. The molecule has 1 spiro atoms. The Bertz CT molecular complexity index is 1000. The van der Waals surface area contributed by atoms with Crippen molar-refractivity contribution in [1.82, 2.24) is 15.1 Å². The fourth-order valence-electron chi connectivity index (χ4n) is 4.00. The van der Waals surface area contributed by atoms with Gasteiger partial charge in [-0.2, -0.15) is 0 Å². The lowest BCUT2D eigenvalue weighted by atomic mass is 9.88. The summed E-state index contributed by atoms with van der Waals surface area (Å²) in [5.41, 5.74) is 1.85. The normalized spacial score (nSPS) is 19.1. The van der Waals surface area contributed by atoms with Gasteiger partial charge in [-0.15, -0.1) is 0 Å². The Balaban J connectivity index is 1.54. The van der Waals surface area contributed by atoms with Crippen LogP contribution in [0.15, 0.2) is 38.5 Å². The number of carbonyl (C=O) groups excluding carboxylic acids is 1. The van der Waals surface area contributed by atoms with E-state index in [9.17, 15) is 9.59 Å². The molecular formula is C21H26N4O3. The van der Waals surface area contributed by atoms with Crippen molar-refractivity contribution in [3.05, 3.63) is 45.8 Å². The van der Waals surface area contributed by atoms with Gasteiger partial charge in [0.1, 0.15) is 11.1 Å². The zero-order chi connectivity index (χ0) is 19.9. The molecule has 0 unspecified atom stereocenters. The third-order valence-corrected chi connectivity index (χ3v) is 5.77. The molecule has 0 radical (unpaired) electrons. The molecule has 2 aliphatic rings. The third-order valence-electron chi connectivity index (χ3n) is 5.77. The second-order valence-corrected chi connectivity index (χ2v) is 7.87. The standard InChI is InChI=1S/C21H26N4O3/c1-4-14-5-6-17-16(11-14)15(12-18(26)28-17)13-25-9-7-21(8-10-25)19(27)22-20(23-21)24(2)3/h5-6,11-12H,4,7-10,13H2,1-3H3,(H,22,23,27). The predicted molar refractivity (Wildman–Crippen MR) is 108 cm³/mol. The van der Waals surface area contributed by atoms with E-state index in [1.165, 1.54) is 5.56 Å². The van der Waals surface area contributed by atoms with Crippen LogP contribution in [0.2, 0.25) is 0 Å². The zero-order valence-electron chi connectivity index (χ0n) is 16.6. The van der Waals surface area contributed by atoms with Crippen LogP contribution in [0.25, 0.3) is 11.0 Å². The molecule has 0 aliphatic carbocycles. The first kappa shape index (κ1) is 18.7. The van der Waals surface area contributed by atoms with Gasteiger partial charge in [-0.1, -0.05) is 13.0 Å². The molecule has 1 N–H and O–H groups in total. The van der Waals surface area contributed by atoms with Crippen LogP contribution in [0.4, 0.5) is 0 Å². The molecule has 7 nitrogen and oxygen atoms in total. The Hall–Kier alpha value is -2.67. The van der Waals surface area contributed by atoms with Crippen molar-refractivity contribution in [3.8, 4) is 0 Å². The number of aryl methyl sites for hydroxylation is 1. The maximum absolute atomic E-state index is 12.5. The molecule has 0 saturated carbocycles. The molecule has 148 valence electrons. The van der Waals surface area contributed by atoms with E-state index in [1.807, 2.05) is 31.1 Å². The van der Waals surface area contributed by atoms with Crippen molar-refractivity contribution in [2.75, 3.05) is 27.2 Å². The van der Waals surface area contributed by atoms with E-state index in [-0.39, 0.29) is 11.5 Å². The first-order valence-corrected chi connectivity index (χ1v) is 9.77. The van der Waals surface area contributed by atoms with Gasteiger partial charge in [0, 0.05) is 45.2 Å². The van der Waals surface area contributed by atoms with Crippen LogP contribution in [-0.4, -0.2) is 54.4 Å². The third kappa shape index (κ3) is 3.30. The Labute approximate surface area is 164 Å². The Morgan fingerprint density at radius 2 is 1.96 bits per heavy atom. The molecule has 1 fully saturated rings.